The summed E-state index contributed by atoms with van der Waals surface area (Å²) in [5, 5.41) is 11.5. The van der Waals surface area contributed by atoms with E-state index in [1.165, 1.54) is 38.8 Å². The van der Waals surface area contributed by atoms with Crippen molar-refractivity contribution in [1.82, 2.24) is 10.2 Å². The maximum Gasteiger partial charge on any atom is 0.239 e. The van der Waals surface area contributed by atoms with Gasteiger partial charge in [-0.25, -0.2) is 0 Å². The molecule has 0 aromatic carbocycles. The van der Waals surface area contributed by atoms with Crippen molar-refractivity contribution in [2.75, 3.05) is 32.8 Å². The zero-order valence-corrected chi connectivity index (χ0v) is 11.2. The van der Waals surface area contributed by atoms with E-state index in [4.69, 9.17) is 10.8 Å². The number of amides is 1. The second-order valence-electron chi connectivity index (χ2n) is 5.04. The minimum absolute atomic E-state index is 0.257. The Kier molecular flexibility index (Phi) is 7.96. The summed E-state index contributed by atoms with van der Waals surface area (Å²) >= 11 is 0. The van der Waals surface area contributed by atoms with Crippen molar-refractivity contribution in [2.45, 2.75) is 44.6 Å². The van der Waals surface area contributed by atoms with Gasteiger partial charge in [0.25, 0.3) is 0 Å². The lowest BCUT2D eigenvalue weighted by Gasteiger charge is -2.19. The number of aliphatic hydroxyl groups excluding tert-OH is 1. The average Bonchev–Trinajstić information content (AvgIpc) is 2.65. The lowest BCUT2D eigenvalue weighted by atomic mass is 10.2. The van der Waals surface area contributed by atoms with Gasteiger partial charge >= 0.3 is 0 Å². The number of hydrogen-bond donors (Lipinski definition) is 3. The van der Waals surface area contributed by atoms with Crippen LogP contribution in [0.25, 0.3) is 0 Å². The van der Waals surface area contributed by atoms with Crippen LogP contribution in [0.15, 0.2) is 0 Å². The Morgan fingerprint density at radius 2 is 1.89 bits per heavy atom. The van der Waals surface area contributed by atoms with Crippen molar-refractivity contribution in [3.8, 4) is 0 Å². The number of hydrogen-bond acceptors (Lipinski definition) is 4. The third-order valence-corrected chi connectivity index (χ3v) is 3.43. The quantitative estimate of drug-likeness (QED) is 0.564. The molecule has 1 rings (SSSR count). The van der Waals surface area contributed by atoms with Gasteiger partial charge in [0.05, 0.1) is 6.61 Å². The summed E-state index contributed by atoms with van der Waals surface area (Å²) in [6.07, 6.45) is 7.45. The monoisotopic (exact) mass is 257 g/mol. The van der Waals surface area contributed by atoms with Crippen molar-refractivity contribution < 1.29 is 9.90 Å². The van der Waals surface area contributed by atoms with Gasteiger partial charge in [-0.2, -0.15) is 0 Å². The molecule has 106 valence electrons. The summed E-state index contributed by atoms with van der Waals surface area (Å²) in [5.41, 5.74) is 5.40. The number of rotatable bonds is 7. The number of likely N-dealkylation sites (tertiary alicyclic amines) is 1. The van der Waals surface area contributed by atoms with Crippen molar-refractivity contribution >= 4 is 5.91 Å². The highest BCUT2D eigenvalue weighted by Gasteiger charge is 2.11. The first-order valence-corrected chi connectivity index (χ1v) is 7.10. The van der Waals surface area contributed by atoms with E-state index in [1.54, 1.807) is 0 Å². The molecule has 0 aliphatic carbocycles. The van der Waals surface area contributed by atoms with Crippen LogP contribution in [0, 0.1) is 0 Å². The number of aliphatic hydroxyl groups is 1. The molecule has 0 radical (unpaired) electrons. The predicted molar refractivity (Wildman–Crippen MR) is 72.2 cm³/mol. The molecule has 0 unspecified atom stereocenters. The van der Waals surface area contributed by atoms with Crippen LogP contribution in [-0.4, -0.2) is 54.7 Å². The molecular weight excluding hydrogens is 230 g/mol. The molecule has 1 fully saturated rings. The van der Waals surface area contributed by atoms with Gasteiger partial charge in [0.2, 0.25) is 5.91 Å². The fourth-order valence-electron chi connectivity index (χ4n) is 2.25. The van der Waals surface area contributed by atoms with Gasteiger partial charge in [-0.3, -0.25) is 4.79 Å². The van der Waals surface area contributed by atoms with Crippen LogP contribution in [-0.2, 0) is 4.79 Å². The van der Waals surface area contributed by atoms with Crippen molar-refractivity contribution in [1.29, 1.82) is 0 Å². The Balaban J connectivity index is 1.99. The molecule has 1 aliphatic heterocycles. The summed E-state index contributed by atoms with van der Waals surface area (Å²) in [4.78, 5) is 13.8. The maximum absolute atomic E-state index is 11.3. The molecule has 1 atom stereocenters. The number of nitrogens with two attached hydrogens (primary N) is 1. The molecule has 5 nitrogen and oxygen atoms in total. The number of carbonyl (C=O) groups is 1. The van der Waals surface area contributed by atoms with Crippen LogP contribution >= 0.6 is 0 Å². The van der Waals surface area contributed by atoms with Gasteiger partial charge in [-0.1, -0.05) is 12.8 Å². The molecule has 1 aliphatic rings. The number of carbonyl (C=O) groups excluding carboxylic acids is 1. The van der Waals surface area contributed by atoms with Gasteiger partial charge in [-0.15, -0.1) is 0 Å². The molecule has 4 N–H and O–H groups in total. The van der Waals surface area contributed by atoms with Crippen LogP contribution in [0.1, 0.15) is 38.5 Å². The topological polar surface area (TPSA) is 78.6 Å². The van der Waals surface area contributed by atoms with Gasteiger partial charge in [0.15, 0.2) is 0 Å². The van der Waals surface area contributed by atoms with Gasteiger partial charge < -0.3 is 21.1 Å². The molecule has 1 saturated heterocycles. The second-order valence-corrected chi connectivity index (χ2v) is 5.04. The Labute approximate surface area is 110 Å². The molecule has 1 heterocycles. The van der Waals surface area contributed by atoms with Crippen LogP contribution in [0.5, 0.6) is 0 Å². The molecule has 0 aromatic heterocycles. The van der Waals surface area contributed by atoms with Crippen molar-refractivity contribution in [3.05, 3.63) is 0 Å². The van der Waals surface area contributed by atoms with Crippen LogP contribution in [0.3, 0.4) is 0 Å². The fraction of sp³-hybridized carbons (Fsp3) is 0.923. The average molecular weight is 257 g/mol. The minimum atomic E-state index is -0.782. The summed E-state index contributed by atoms with van der Waals surface area (Å²) in [7, 11) is 0. The van der Waals surface area contributed by atoms with E-state index in [-0.39, 0.29) is 12.5 Å². The van der Waals surface area contributed by atoms with Crippen LogP contribution in [0.4, 0.5) is 0 Å². The van der Waals surface area contributed by atoms with E-state index < -0.39 is 6.04 Å². The van der Waals surface area contributed by atoms with Crippen molar-refractivity contribution in [2.24, 2.45) is 5.73 Å². The smallest absolute Gasteiger partial charge is 0.239 e. The highest BCUT2D eigenvalue weighted by Crippen LogP contribution is 2.09. The van der Waals surface area contributed by atoms with E-state index in [9.17, 15) is 4.79 Å². The standard InChI is InChI=1S/C13H27N3O2/c14-12(11-17)13(18)15-7-3-6-10-16-8-4-1-2-5-9-16/h12,17H,1-11,14H2,(H,15,18)/t12-/m1/s1. The Morgan fingerprint density at radius 3 is 2.50 bits per heavy atom. The minimum Gasteiger partial charge on any atom is -0.394 e. The maximum atomic E-state index is 11.3. The van der Waals surface area contributed by atoms with Gasteiger partial charge in [0, 0.05) is 6.54 Å². The SMILES string of the molecule is N[C@H](CO)C(=O)NCCCCN1CCCCCC1. The first-order chi connectivity index (χ1) is 8.74. The van der Waals surface area contributed by atoms with E-state index >= 15 is 0 Å². The molecule has 0 aromatic rings. The third kappa shape index (κ3) is 6.33. The Bertz CT molecular complexity index is 228. The van der Waals surface area contributed by atoms with E-state index in [1.807, 2.05) is 0 Å². The van der Waals surface area contributed by atoms with Crippen LogP contribution in [0.2, 0.25) is 0 Å². The lowest BCUT2D eigenvalue weighted by Crippen LogP contribution is -2.43. The number of nitrogens with zero attached hydrogens (tertiary/aromatic N) is 1. The summed E-state index contributed by atoms with van der Waals surface area (Å²) in [6.45, 7) is 3.94. The van der Waals surface area contributed by atoms with E-state index in [0.29, 0.717) is 6.54 Å². The second kappa shape index (κ2) is 9.30. The molecule has 5 heteroatoms. The van der Waals surface area contributed by atoms with Crippen molar-refractivity contribution in [3.63, 3.8) is 0 Å². The Morgan fingerprint density at radius 1 is 1.22 bits per heavy atom. The first kappa shape index (κ1) is 15.4. The zero-order valence-electron chi connectivity index (χ0n) is 11.2. The van der Waals surface area contributed by atoms with Gasteiger partial charge in [0.1, 0.15) is 6.04 Å². The number of unbranched alkanes of at least 4 members (excludes halogenated alkanes) is 1. The Hall–Kier alpha value is -0.650. The predicted octanol–water partition coefficient (Wildman–Crippen LogP) is 0.0784. The normalized spacial score (nSPS) is 19.2. The molecule has 0 bridgehead atoms. The lowest BCUT2D eigenvalue weighted by molar-refractivity contribution is -0.123. The number of nitrogens with one attached hydrogen (secondary N) is 1. The summed E-state index contributed by atoms with van der Waals surface area (Å²) in [5.74, 6) is -0.257. The summed E-state index contributed by atoms with van der Waals surface area (Å²) in [6, 6.07) is -0.782. The third-order valence-electron chi connectivity index (χ3n) is 3.43. The molecule has 0 spiro atoms. The van der Waals surface area contributed by atoms with Gasteiger partial charge in [-0.05, 0) is 45.3 Å². The molecule has 18 heavy (non-hydrogen) atoms. The summed E-state index contributed by atoms with van der Waals surface area (Å²) < 4.78 is 0. The highest BCUT2D eigenvalue weighted by molar-refractivity contribution is 5.81. The van der Waals surface area contributed by atoms with E-state index in [2.05, 4.69) is 10.2 Å². The molecule has 1 amide bonds. The zero-order chi connectivity index (χ0) is 13.2. The van der Waals surface area contributed by atoms with E-state index in [0.717, 1.165) is 19.4 Å². The first-order valence-electron chi connectivity index (χ1n) is 7.10. The molecular formula is C13H27N3O2. The highest BCUT2D eigenvalue weighted by atomic mass is 16.3. The molecule has 0 saturated carbocycles. The fourth-order valence-corrected chi connectivity index (χ4v) is 2.25. The largest absolute Gasteiger partial charge is 0.394 e. The van der Waals surface area contributed by atoms with Crippen LogP contribution < -0.4 is 11.1 Å².